The molecule has 1 saturated heterocycles. The van der Waals surface area contributed by atoms with E-state index in [1.165, 1.54) is 4.88 Å². The number of rotatable bonds is 3. The van der Waals surface area contributed by atoms with Crippen molar-refractivity contribution in [1.82, 2.24) is 14.9 Å². The van der Waals surface area contributed by atoms with Gasteiger partial charge in [-0.05, 0) is 26.0 Å². The molecule has 114 valence electrons. The van der Waals surface area contributed by atoms with E-state index in [1.807, 2.05) is 0 Å². The Bertz CT molecular complexity index is 638. The summed E-state index contributed by atoms with van der Waals surface area (Å²) in [5, 5.41) is 1.16. The molecule has 3 rings (SSSR count). The summed E-state index contributed by atoms with van der Waals surface area (Å²) < 4.78 is 0. The summed E-state index contributed by atoms with van der Waals surface area (Å²) in [4.78, 5) is 16.1. The van der Waals surface area contributed by atoms with E-state index < -0.39 is 0 Å². The molecule has 0 aliphatic carbocycles. The number of aromatic nitrogens is 2. The van der Waals surface area contributed by atoms with E-state index in [4.69, 9.17) is 5.73 Å². The van der Waals surface area contributed by atoms with E-state index >= 15 is 0 Å². The second-order valence-corrected chi connectivity index (χ2v) is 6.79. The van der Waals surface area contributed by atoms with Gasteiger partial charge in [0.1, 0.15) is 10.6 Å². The number of hydrogen-bond acceptors (Lipinski definition) is 6. The van der Waals surface area contributed by atoms with Crippen LogP contribution in [0.25, 0.3) is 10.2 Å². The number of likely N-dealkylation sites (N-methyl/N-ethyl adjacent to an activating group) is 1. The quantitative estimate of drug-likeness (QED) is 0.943. The first-order valence-corrected chi connectivity index (χ1v) is 8.45. The largest absolute Gasteiger partial charge is 0.368 e. The minimum atomic E-state index is 0.383. The molecule has 3 heterocycles. The van der Waals surface area contributed by atoms with Crippen molar-refractivity contribution in [1.29, 1.82) is 0 Å². The Morgan fingerprint density at radius 3 is 2.86 bits per heavy atom. The van der Waals surface area contributed by atoms with Gasteiger partial charge in [-0.1, -0.05) is 13.8 Å². The molecule has 0 bridgehead atoms. The molecule has 2 aromatic heterocycles. The topological polar surface area (TPSA) is 58.3 Å². The zero-order valence-corrected chi connectivity index (χ0v) is 13.8. The van der Waals surface area contributed by atoms with Crippen LogP contribution in [0.2, 0.25) is 0 Å². The Labute approximate surface area is 129 Å². The number of thiophene rings is 1. The van der Waals surface area contributed by atoms with E-state index in [-0.39, 0.29) is 0 Å². The molecule has 0 aromatic carbocycles. The standard InChI is InChI=1S/C15H23N5S/c1-4-10-9-20(7-6-19(10)3)13-12-8-11(5-2)21-14(12)18-15(16)17-13/h8,10H,4-7,9H2,1-3H3,(H2,16,17,18). The maximum Gasteiger partial charge on any atom is 0.223 e. The van der Waals surface area contributed by atoms with Crippen LogP contribution in [0, 0.1) is 0 Å². The summed E-state index contributed by atoms with van der Waals surface area (Å²) in [5.41, 5.74) is 5.92. The van der Waals surface area contributed by atoms with Crippen molar-refractivity contribution in [3.63, 3.8) is 0 Å². The SMILES string of the molecule is CCc1cc2c(N3CCN(C)C(CC)C3)nc(N)nc2s1. The van der Waals surface area contributed by atoms with Gasteiger partial charge in [0.2, 0.25) is 5.95 Å². The Hall–Kier alpha value is -1.40. The third kappa shape index (κ3) is 2.70. The highest BCUT2D eigenvalue weighted by molar-refractivity contribution is 7.18. The molecule has 21 heavy (non-hydrogen) atoms. The van der Waals surface area contributed by atoms with Crippen molar-refractivity contribution < 1.29 is 0 Å². The normalized spacial score (nSPS) is 20.3. The Morgan fingerprint density at radius 1 is 1.33 bits per heavy atom. The number of piperazine rings is 1. The van der Waals surface area contributed by atoms with Gasteiger partial charge in [0.15, 0.2) is 0 Å². The lowest BCUT2D eigenvalue weighted by Crippen LogP contribution is -2.51. The second-order valence-electron chi connectivity index (χ2n) is 5.68. The van der Waals surface area contributed by atoms with Crippen molar-refractivity contribution in [2.75, 3.05) is 37.3 Å². The highest BCUT2D eigenvalue weighted by Gasteiger charge is 2.25. The van der Waals surface area contributed by atoms with E-state index in [0.717, 1.165) is 48.5 Å². The van der Waals surface area contributed by atoms with E-state index in [1.54, 1.807) is 11.3 Å². The molecular formula is C15H23N5S. The van der Waals surface area contributed by atoms with Crippen LogP contribution < -0.4 is 10.6 Å². The van der Waals surface area contributed by atoms with Crippen molar-refractivity contribution >= 4 is 33.3 Å². The Morgan fingerprint density at radius 2 is 2.14 bits per heavy atom. The Kier molecular flexibility index (Phi) is 3.99. The average Bonchev–Trinajstić information content (AvgIpc) is 2.89. The van der Waals surface area contributed by atoms with E-state index in [2.05, 4.69) is 46.7 Å². The van der Waals surface area contributed by atoms with Gasteiger partial charge in [0, 0.05) is 30.6 Å². The molecule has 0 spiro atoms. The summed E-state index contributed by atoms with van der Waals surface area (Å²) in [6.07, 6.45) is 2.18. The van der Waals surface area contributed by atoms with Crippen LogP contribution in [0.4, 0.5) is 11.8 Å². The third-order valence-electron chi connectivity index (χ3n) is 4.34. The van der Waals surface area contributed by atoms with Crippen LogP contribution in [0.1, 0.15) is 25.1 Å². The lowest BCUT2D eigenvalue weighted by molar-refractivity contribution is 0.213. The number of nitrogen functional groups attached to an aromatic ring is 1. The van der Waals surface area contributed by atoms with Crippen LogP contribution in [0.3, 0.4) is 0 Å². The van der Waals surface area contributed by atoms with Crippen LogP contribution in [0.15, 0.2) is 6.07 Å². The second kappa shape index (κ2) is 5.77. The molecule has 2 aromatic rings. The lowest BCUT2D eigenvalue weighted by Gasteiger charge is -2.39. The smallest absolute Gasteiger partial charge is 0.223 e. The fraction of sp³-hybridized carbons (Fsp3) is 0.600. The van der Waals surface area contributed by atoms with Crippen LogP contribution in [-0.4, -0.2) is 47.6 Å². The predicted molar refractivity (Wildman–Crippen MR) is 90.1 cm³/mol. The van der Waals surface area contributed by atoms with Crippen molar-refractivity contribution in [2.24, 2.45) is 0 Å². The van der Waals surface area contributed by atoms with E-state index in [9.17, 15) is 0 Å². The van der Waals surface area contributed by atoms with Crippen LogP contribution in [0.5, 0.6) is 0 Å². The summed E-state index contributed by atoms with van der Waals surface area (Å²) in [6, 6.07) is 2.81. The van der Waals surface area contributed by atoms with Crippen molar-refractivity contribution in [3.05, 3.63) is 10.9 Å². The van der Waals surface area contributed by atoms with Gasteiger partial charge in [-0.15, -0.1) is 11.3 Å². The predicted octanol–water partition coefficient (Wildman–Crippen LogP) is 2.37. The Balaban J connectivity index is 2.01. The molecule has 6 heteroatoms. The minimum Gasteiger partial charge on any atom is -0.368 e. The molecule has 1 fully saturated rings. The molecule has 0 radical (unpaired) electrons. The van der Waals surface area contributed by atoms with Gasteiger partial charge in [-0.3, -0.25) is 4.90 Å². The molecule has 1 aliphatic heterocycles. The zero-order valence-electron chi connectivity index (χ0n) is 13.0. The highest BCUT2D eigenvalue weighted by atomic mass is 32.1. The van der Waals surface area contributed by atoms with Gasteiger partial charge in [-0.25, -0.2) is 4.98 Å². The van der Waals surface area contributed by atoms with Gasteiger partial charge < -0.3 is 10.6 Å². The molecule has 0 saturated carbocycles. The summed E-state index contributed by atoms with van der Waals surface area (Å²) in [6.45, 7) is 7.49. The fourth-order valence-electron chi connectivity index (χ4n) is 2.97. The first kappa shape index (κ1) is 14.5. The summed E-state index contributed by atoms with van der Waals surface area (Å²) >= 11 is 1.73. The van der Waals surface area contributed by atoms with Crippen LogP contribution in [-0.2, 0) is 6.42 Å². The van der Waals surface area contributed by atoms with E-state index in [0.29, 0.717) is 12.0 Å². The van der Waals surface area contributed by atoms with Crippen molar-refractivity contribution in [3.8, 4) is 0 Å². The average molecular weight is 305 g/mol. The van der Waals surface area contributed by atoms with Gasteiger partial charge in [0.05, 0.1) is 5.39 Å². The van der Waals surface area contributed by atoms with Gasteiger partial charge in [0.25, 0.3) is 0 Å². The number of anilines is 2. The number of fused-ring (bicyclic) bond motifs is 1. The zero-order chi connectivity index (χ0) is 15.0. The monoisotopic (exact) mass is 305 g/mol. The number of nitrogens with two attached hydrogens (primary N) is 1. The lowest BCUT2D eigenvalue weighted by atomic mass is 10.1. The summed E-state index contributed by atoms with van der Waals surface area (Å²) in [5.74, 6) is 1.40. The molecule has 1 atom stereocenters. The van der Waals surface area contributed by atoms with Crippen molar-refractivity contribution in [2.45, 2.75) is 32.7 Å². The molecule has 1 aliphatic rings. The number of aryl methyl sites for hydroxylation is 1. The van der Waals surface area contributed by atoms with Gasteiger partial charge in [-0.2, -0.15) is 4.98 Å². The molecule has 5 nitrogen and oxygen atoms in total. The maximum atomic E-state index is 5.92. The number of hydrogen-bond donors (Lipinski definition) is 1. The van der Waals surface area contributed by atoms with Crippen LogP contribution >= 0.6 is 11.3 Å². The molecule has 0 amide bonds. The maximum absolute atomic E-state index is 5.92. The first-order valence-electron chi connectivity index (χ1n) is 7.63. The molecule has 2 N–H and O–H groups in total. The minimum absolute atomic E-state index is 0.383. The molecule has 1 unspecified atom stereocenters. The highest BCUT2D eigenvalue weighted by Crippen LogP contribution is 2.32. The number of nitrogens with zero attached hydrogens (tertiary/aromatic N) is 4. The molecular weight excluding hydrogens is 282 g/mol. The third-order valence-corrected chi connectivity index (χ3v) is 5.51. The first-order chi connectivity index (χ1) is 10.1. The fourth-order valence-corrected chi connectivity index (χ4v) is 3.94. The summed E-state index contributed by atoms with van der Waals surface area (Å²) in [7, 11) is 2.20. The van der Waals surface area contributed by atoms with Gasteiger partial charge >= 0.3 is 0 Å².